The summed E-state index contributed by atoms with van der Waals surface area (Å²) in [6.45, 7) is 5.11. The van der Waals surface area contributed by atoms with Crippen molar-refractivity contribution in [2.24, 2.45) is 4.99 Å². The second-order valence-electron chi connectivity index (χ2n) is 8.34. The van der Waals surface area contributed by atoms with Gasteiger partial charge in [0.1, 0.15) is 0 Å². The molecule has 32 heavy (non-hydrogen) atoms. The summed E-state index contributed by atoms with van der Waals surface area (Å²) in [5.74, 6) is 0.787. The van der Waals surface area contributed by atoms with Crippen molar-refractivity contribution in [3.63, 3.8) is 0 Å². The van der Waals surface area contributed by atoms with E-state index in [-0.39, 0.29) is 6.04 Å². The Bertz CT molecular complexity index is 1040. The maximum atomic E-state index is 6.07. The summed E-state index contributed by atoms with van der Waals surface area (Å²) in [7, 11) is 1.81. The molecule has 3 aromatic carbocycles. The third kappa shape index (κ3) is 6.09. The third-order valence-electron chi connectivity index (χ3n) is 5.96. The van der Waals surface area contributed by atoms with Crippen LogP contribution in [0.4, 0.5) is 0 Å². The molecular formula is C27H33N3O2. The number of aliphatic imine (C=N–C) groups is 1. The van der Waals surface area contributed by atoms with Crippen LogP contribution in [-0.4, -0.2) is 32.3 Å². The van der Waals surface area contributed by atoms with Gasteiger partial charge in [0.15, 0.2) is 5.96 Å². The van der Waals surface area contributed by atoms with Crippen molar-refractivity contribution in [3.05, 3.63) is 83.4 Å². The summed E-state index contributed by atoms with van der Waals surface area (Å²) < 4.78 is 11.5. The Morgan fingerprint density at radius 2 is 1.78 bits per heavy atom. The minimum atomic E-state index is 0.144. The fraction of sp³-hybridized carbons (Fsp3) is 0.370. The highest BCUT2D eigenvalue weighted by Crippen LogP contribution is 2.20. The highest BCUT2D eigenvalue weighted by Gasteiger charge is 2.14. The SMILES string of the molecule is CN=C(NCc1cccc(COC2CCOCC2)c1)NC(C)c1ccc2ccccc2c1. The van der Waals surface area contributed by atoms with E-state index in [1.165, 1.54) is 27.5 Å². The molecule has 1 saturated heterocycles. The van der Waals surface area contributed by atoms with E-state index in [1.54, 1.807) is 7.05 Å². The first-order valence-electron chi connectivity index (χ1n) is 11.4. The van der Waals surface area contributed by atoms with Gasteiger partial charge in [-0.2, -0.15) is 0 Å². The van der Waals surface area contributed by atoms with Crippen LogP contribution in [0.3, 0.4) is 0 Å². The highest BCUT2D eigenvalue weighted by molar-refractivity contribution is 5.84. The molecule has 0 aliphatic carbocycles. The van der Waals surface area contributed by atoms with Crippen molar-refractivity contribution in [3.8, 4) is 0 Å². The van der Waals surface area contributed by atoms with E-state index < -0.39 is 0 Å². The summed E-state index contributed by atoms with van der Waals surface area (Å²) in [5, 5.41) is 9.45. The summed E-state index contributed by atoms with van der Waals surface area (Å²) in [4.78, 5) is 4.41. The lowest BCUT2D eigenvalue weighted by Crippen LogP contribution is -2.38. The number of fused-ring (bicyclic) bond motifs is 1. The molecule has 2 N–H and O–H groups in total. The Balaban J connectivity index is 1.30. The number of ether oxygens (including phenoxy) is 2. The van der Waals surface area contributed by atoms with Gasteiger partial charge in [-0.15, -0.1) is 0 Å². The lowest BCUT2D eigenvalue weighted by molar-refractivity contribution is -0.0390. The van der Waals surface area contributed by atoms with Gasteiger partial charge in [0.05, 0.1) is 18.8 Å². The number of hydrogen-bond donors (Lipinski definition) is 2. The molecule has 0 amide bonds. The van der Waals surface area contributed by atoms with Gasteiger partial charge in [0.25, 0.3) is 0 Å². The predicted octanol–water partition coefficient (Wildman–Crippen LogP) is 4.96. The Hall–Kier alpha value is -2.89. The lowest BCUT2D eigenvalue weighted by Gasteiger charge is -2.22. The average molecular weight is 432 g/mol. The molecule has 4 rings (SSSR count). The van der Waals surface area contributed by atoms with Crippen molar-refractivity contribution in [1.29, 1.82) is 0 Å². The molecule has 1 aliphatic rings. The fourth-order valence-corrected chi connectivity index (χ4v) is 4.03. The third-order valence-corrected chi connectivity index (χ3v) is 5.96. The molecule has 1 aliphatic heterocycles. The van der Waals surface area contributed by atoms with Gasteiger partial charge in [-0.25, -0.2) is 0 Å². The van der Waals surface area contributed by atoms with Gasteiger partial charge in [-0.1, -0.05) is 60.7 Å². The van der Waals surface area contributed by atoms with Gasteiger partial charge >= 0.3 is 0 Å². The smallest absolute Gasteiger partial charge is 0.191 e. The minimum Gasteiger partial charge on any atom is -0.381 e. The van der Waals surface area contributed by atoms with Crippen LogP contribution in [-0.2, 0) is 22.6 Å². The Morgan fingerprint density at radius 1 is 1.00 bits per heavy atom. The summed E-state index contributed by atoms with van der Waals surface area (Å²) in [5.41, 5.74) is 3.64. The zero-order chi connectivity index (χ0) is 22.2. The highest BCUT2D eigenvalue weighted by atomic mass is 16.5. The van der Waals surface area contributed by atoms with E-state index in [9.17, 15) is 0 Å². The maximum Gasteiger partial charge on any atom is 0.191 e. The number of guanidine groups is 1. The van der Waals surface area contributed by atoms with Crippen molar-refractivity contribution in [1.82, 2.24) is 10.6 Å². The normalized spacial score (nSPS) is 16.1. The molecule has 1 heterocycles. The van der Waals surface area contributed by atoms with Crippen LogP contribution in [0.2, 0.25) is 0 Å². The number of nitrogens with zero attached hydrogens (tertiary/aromatic N) is 1. The molecule has 0 bridgehead atoms. The van der Waals surface area contributed by atoms with E-state index in [0.717, 1.165) is 32.0 Å². The fourth-order valence-electron chi connectivity index (χ4n) is 4.03. The largest absolute Gasteiger partial charge is 0.381 e. The topological polar surface area (TPSA) is 54.9 Å². The van der Waals surface area contributed by atoms with E-state index in [2.05, 4.69) is 89.3 Å². The summed E-state index contributed by atoms with van der Waals surface area (Å²) >= 11 is 0. The van der Waals surface area contributed by atoms with Gasteiger partial charge in [-0.3, -0.25) is 4.99 Å². The standard InChI is InChI=1S/C27H33N3O2/c1-20(24-11-10-23-8-3-4-9-25(23)17-24)30-27(28-2)29-18-21-6-5-7-22(16-21)19-32-26-12-14-31-15-13-26/h3-11,16-17,20,26H,12-15,18-19H2,1-2H3,(H2,28,29,30). The van der Waals surface area contributed by atoms with E-state index >= 15 is 0 Å². The average Bonchev–Trinajstić information content (AvgIpc) is 2.85. The molecule has 5 nitrogen and oxygen atoms in total. The first-order valence-corrected chi connectivity index (χ1v) is 11.4. The molecule has 1 fully saturated rings. The van der Waals surface area contributed by atoms with Gasteiger partial charge < -0.3 is 20.1 Å². The minimum absolute atomic E-state index is 0.144. The van der Waals surface area contributed by atoms with Crippen LogP contribution in [0, 0.1) is 0 Å². The maximum absolute atomic E-state index is 6.07. The van der Waals surface area contributed by atoms with Crippen molar-refractivity contribution < 1.29 is 9.47 Å². The van der Waals surface area contributed by atoms with E-state index in [4.69, 9.17) is 9.47 Å². The van der Waals surface area contributed by atoms with Crippen LogP contribution >= 0.6 is 0 Å². The van der Waals surface area contributed by atoms with Crippen LogP contribution < -0.4 is 10.6 Å². The number of hydrogen-bond acceptors (Lipinski definition) is 3. The lowest BCUT2D eigenvalue weighted by atomic mass is 10.0. The second-order valence-corrected chi connectivity index (χ2v) is 8.34. The first kappa shape index (κ1) is 22.3. The number of rotatable bonds is 7. The molecule has 0 radical (unpaired) electrons. The van der Waals surface area contributed by atoms with Crippen LogP contribution in [0.15, 0.2) is 71.7 Å². The Kier molecular flexibility index (Phi) is 7.75. The molecule has 3 aromatic rings. The quantitative estimate of drug-likeness (QED) is 0.410. The van der Waals surface area contributed by atoms with Crippen LogP contribution in [0.5, 0.6) is 0 Å². The molecular weight excluding hydrogens is 398 g/mol. The molecule has 0 aromatic heterocycles. The monoisotopic (exact) mass is 431 g/mol. The van der Waals surface area contributed by atoms with E-state index in [1.807, 2.05) is 0 Å². The zero-order valence-electron chi connectivity index (χ0n) is 19.0. The molecule has 0 saturated carbocycles. The van der Waals surface area contributed by atoms with Crippen LogP contribution in [0.1, 0.15) is 42.5 Å². The summed E-state index contributed by atoms with van der Waals surface area (Å²) in [6, 6.07) is 23.7. The summed E-state index contributed by atoms with van der Waals surface area (Å²) in [6.07, 6.45) is 2.28. The van der Waals surface area contributed by atoms with Crippen molar-refractivity contribution >= 4 is 16.7 Å². The molecule has 1 atom stereocenters. The Labute approximate surface area is 190 Å². The van der Waals surface area contributed by atoms with Crippen LogP contribution in [0.25, 0.3) is 10.8 Å². The molecule has 0 spiro atoms. The Morgan fingerprint density at radius 3 is 2.59 bits per heavy atom. The molecule has 168 valence electrons. The number of nitrogens with one attached hydrogen (secondary N) is 2. The number of benzene rings is 3. The van der Waals surface area contributed by atoms with Gasteiger partial charge in [0, 0.05) is 26.8 Å². The molecule has 5 heteroatoms. The van der Waals surface area contributed by atoms with Crippen molar-refractivity contribution in [2.45, 2.75) is 45.1 Å². The van der Waals surface area contributed by atoms with Gasteiger partial charge in [-0.05, 0) is 53.3 Å². The van der Waals surface area contributed by atoms with Gasteiger partial charge in [0.2, 0.25) is 0 Å². The predicted molar refractivity (Wildman–Crippen MR) is 131 cm³/mol. The zero-order valence-corrected chi connectivity index (χ0v) is 19.0. The molecule has 1 unspecified atom stereocenters. The first-order chi connectivity index (χ1) is 15.7. The van der Waals surface area contributed by atoms with E-state index in [0.29, 0.717) is 19.3 Å². The second kappa shape index (κ2) is 11.1. The van der Waals surface area contributed by atoms with Crippen molar-refractivity contribution in [2.75, 3.05) is 20.3 Å².